The molecule has 0 aromatic rings. The summed E-state index contributed by atoms with van der Waals surface area (Å²) in [6, 6.07) is 0. The van der Waals surface area contributed by atoms with Crippen molar-refractivity contribution in [3.8, 4) is 0 Å². The number of ether oxygens (including phenoxy) is 6. The SMILES string of the molecule is CC1CCC2OCCOCCOC3CCC(C)CCC3OCCOCCOC2CC1. The van der Waals surface area contributed by atoms with Crippen LogP contribution in [0.3, 0.4) is 0 Å². The molecule has 4 atom stereocenters. The van der Waals surface area contributed by atoms with Crippen molar-refractivity contribution in [3.05, 3.63) is 0 Å². The van der Waals surface area contributed by atoms with Gasteiger partial charge in [0.15, 0.2) is 0 Å². The van der Waals surface area contributed by atoms with Crippen LogP contribution in [0.2, 0.25) is 0 Å². The van der Waals surface area contributed by atoms with E-state index in [-0.39, 0.29) is 24.4 Å². The van der Waals surface area contributed by atoms with E-state index < -0.39 is 0 Å². The molecule has 2 aliphatic carbocycles. The lowest BCUT2D eigenvalue weighted by Crippen LogP contribution is -2.34. The average Bonchev–Trinajstić information content (AvgIpc) is 3.03. The van der Waals surface area contributed by atoms with Gasteiger partial charge in [0, 0.05) is 0 Å². The van der Waals surface area contributed by atoms with Crippen LogP contribution >= 0.6 is 0 Å². The first kappa shape index (κ1) is 24.4. The predicted octanol–water partition coefficient (Wildman–Crippen LogP) is 3.99. The summed E-state index contributed by atoms with van der Waals surface area (Å²) in [6.07, 6.45) is 9.69. The van der Waals surface area contributed by atoms with Gasteiger partial charge in [-0.25, -0.2) is 0 Å². The first-order valence-electron chi connectivity index (χ1n) is 12.3. The molecule has 4 unspecified atom stereocenters. The molecule has 3 fully saturated rings. The van der Waals surface area contributed by atoms with Crippen LogP contribution in [0.25, 0.3) is 0 Å². The van der Waals surface area contributed by atoms with Gasteiger partial charge in [0.25, 0.3) is 0 Å². The Morgan fingerprint density at radius 2 is 0.633 bits per heavy atom. The molecule has 1 aliphatic heterocycles. The largest absolute Gasteiger partial charge is 0.377 e. The Morgan fingerprint density at radius 1 is 0.367 bits per heavy atom. The van der Waals surface area contributed by atoms with Gasteiger partial charge in [-0.1, -0.05) is 13.8 Å². The highest BCUT2D eigenvalue weighted by Crippen LogP contribution is 2.28. The lowest BCUT2D eigenvalue weighted by Gasteiger charge is -2.27. The third-order valence-electron chi connectivity index (χ3n) is 6.84. The maximum Gasteiger partial charge on any atom is 0.0837 e. The minimum atomic E-state index is 0.158. The summed E-state index contributed by atoms with van der Waals surface area (Å²) < 4.78 is 36.3. The minimum Gasteiger partial charge on any atom is -0.377 e. The van der Waals surface area contributed by atoms with Crippen LogP contribution in [0.1, 0.15) is 65.2 Å². The molecule has 3 rings (SSSR count). The van der Waals surface area contributed by atoms with Gasteiger partial charge in [-0.05, 0) is 63.2 Å². The number of fused-ring (bicyclic) bond motifs is 2. The summed E-state index contributed by atoms with van der Waals surface area (Å²) in [5.74, 6) is 1.48. The van der Waals surface area contributed by atoms with Crippen LogP contribution in [-0.4, -0.2) is 77.3 Å². The summed E-state index contributed by atoms with van der Waals surface area (Å²) in [4.78, 5) is 0. The Bertz CT molecular complexity index is 371. The van der Waals surface area contributed by atoms with Crippen LogP contribution in [0, 0.1) is 11.8 Å². The molecule has 0 amide bonds. The highest BCUT2D eigenvalue weighted by Gasteiger charge is 2.29. The third-order valence-corrected chi connectivity index (χ3v) is 6.84. The summed E-state index contributed by atoms with van der Waals surface area (Å²) in [7, 11) is 0. The third kappa shape index (κ3) is 8.71. The minimum absolute atomic E-state index is 0.158. The second-order valence-electron chi connectivity index (χ2n) is 9.38. The van der Waals surface area contributed by atoms with E-state index in [9.17, 15) is 0 Å². The summed E-state index contributed by atoms with van der Waals surface area (Å²) in [6.45, 7) is 9.52. The van der Waals surface area contributed by atoms with Crippen LogP contribution < -0.4 is 0 Å². The van der Waals surface area contributed by atoms with Gasteiger partial charge >= 0.3 is 0 Å². The molecule has 0 aromatic heterocycles. The molecule has 6 heteroatoms. The molecule has 0 aromatic carbocycles. The van der Waals surface area contributed by atoms with Crippen molar-refractivity contribution in [1.29, 1.82) is 0 Å². The Balaban J connectivity index is 1.49. The molecule has 1 saturated heterocycles. The van der Waals surface area contributed by atoms with Crippen molar-refractivity contribution in [2.24, 2.45) is 11.8 Å². The Hall–Kier alpha value is -0.240. The second kappa shape index (κ2) is 14.0. The van der Waals surface area contributed by atoms with Crippen LogP contribution in [0.4, 0.5) is 0 Å². The van der Waals surface area contributed by atoms with Crippen molar-refractivity contribution < 1.29 is 28.4 Å². The van der Waals surface area contributed by atoms with Gasteiger partial charge in [0.05, 0.1) is 77.3 Å². The lowest BCUT2D eigenvalue weighted by molar-refractivity contribution is -0.117. The van der Waals surface area contributed by atoms with Crippen molar-refractivity contribution in [3.63, 3.8) is 0 Å². The summed E-state index contributed by atoms with van der Waals surface area (Å²) in [5, 5.41) is 0. The quantitative estimate of drug-likeness (QED) is 0.581. The van der Waals surface area contributed by atoms with Crippen molar-refractivity contribution >= 4 is 0 Å². The molecule has 2 saturated carbocycles. The number of hydrogen-bond acceptors (Lipinski definition) is 6. The molecular weight excluding hydrogens is 384 g/mol. The van der Waals surface area contributed by atoms with Gasteiger partial charge in [-0.2, -0.15) is 0 Å². The molecule has 0 spiro atoms. The van der Waals surface area contributed by atoms with E-state index in [2.05, 4.69) is 13.8 Å². The standard InChI is InChI=1S/C24H44O6/c1-19-3-7-21-22(8-4-19)28-16-12-26-14-18-30-24-10-6-20(2)5-9-23(24)29-17-13-25-11-15-27-21/h19-24H,3-18H2,1-2H3. The van der Waals surface area contributed by atoms with Gasteiger partial charge in [-0.3, -0.25) is 0 Å². The lowest BCUT2D eigenvalue weighted by atomic mass is 10.0. The average molecular weight is 429 g/mol. The molecule has 6 nitrogen and oxygen atoms in total. The van der Waals surface area contributed by atoms with E-state index in [1.165, 1.54) is 25.7 Å². The van der Waals surface area contributed by atoms with Gasteiger partial charge < -0.3 is 28.4 Å². The van der Waals surface area contributed by atoms with E-state index in [0.717, 1.165) is 37.5 Å². The fourth-order valence-electron chi connectivity index (χ4n) is 4.83. The van der Waals surface area contributed by atoms with Crippen molar-refractivity contribution in [2.45, 2.75) is 89.6 Å². The molecule has 1 heterocycles. The van der Waals surface area contributed by atoms with Crippen LogP contribution in [-0.2, 0) is 28.4 Å². The second-order valence-corrected chi connectivity index (χ2v) is 9.38. The maximum absolute atomic E-state index is 6.18. The topological polar surface area (TPSA) is 55.4 Å². The van der Waals surface area contributed by atoms with E-state index in [4.69, 9.17) is 28.4 Å². The first-order chi connectivity index (χ1) is 14.7. The fraction of sp³-hybridized carbons (Fsp3) is 1.00. The molecule has 0 N–H and O–H groups in total. The fourth-order valence-corrected chi connectivity index (χ4v) is 4.83. The summed E-state index contributed by atoms with van der Waals surface area (Å²) >= 11 is 0. The highest BCUT2D eigenvalue weighted by atomic mass is 16.6. The van der Waals surface area contributed by atoms with E-state index in [0.29, 0.717) is 52.9 Å². The van der Waals surface area contributed by atoms with Crippen LogP contribution in [0.5, 0.6) is 0 Å². The van der Waals surface area contributed by atoms with Gasteiger partial charge in [0.1, 0.15) is 0 Å². The zero-order chi connectivity index (χ0) is 21.0. The number of rotatable bonds is 0. The summed E-state index contributed by atoms with van der Waals surface area (Å²) in [5.41, 5.74) is 0. The molecule has 176 valence electrons. The van der Waals surface area contributed by atoms with Crippen molar-refractivity contribution in [2.75, 3.05) is 52.9 Å². The zero-order valence-corrected chi connectivity index (χ0v) is 19.2. The smallest absolute Gasteiger partial charge is 0.0837 e. The first-order valence-corrected chi connectivity index (χ1v) is 12.3. The Labute approximate surface area is 183 Å². The highest BCUT2D eigenvalue weighted by molar-refractivity contribution is 4.79. The Kier molecular flexibility index (Phi) is 11.4. The maximum atomic E-state index is 6.18. The van der Waals surface area contributed by atoms with E-state index in [1.54, 1.807) is 0 Å². The van der Waals surface area contributed by atoms with Gasteiger partial charge in [-0.15, -0.1) is 0 Å². The van der Waals surface area contributed by atoms with Gasteiger partial charge in [0.2, 0.25) is 0 Å². The number of hydrogen-bond donors (Lipinski definition) is 0. The monoisotopic (exact) mass is 428 g/mol. The van der Waals surface area contributed by atoms with Crippen LogP contribution in [0.15, 0.2) is 0 Å². The molecule has 30 heavy (non-hydrogen) atoms. The predicted molar refractivity (Wildman–Crippen MR) is 116 cm³/mol. The molecule has 0 bridgehead atoms. The molecule has 3 aliphatic rings. The molecule has 0 radical (unpaired) electrons. The van der Waals surface area contributed by atoms with Crippen molar-refractivity contribution in [1.82, 2.24) is 0 Å². The Morgan fingerprint density at radius 3 is 0.900 bits per heavy atom. The van der Waals surface area contributed by atoms with E-state index in [1.807, 2.05) is 0 Å². The van der Waals surface area contributed by atoms with E-state index >= 15 is 0 Å². The normalized spacial score (nSPS) is 39.4. The zero-order valence-electron chi connectivity index (χ0n) is 19.2. The molecular formula is C24H44O6.